The van der Waals surface area contributed by atoms with Gasteiger partial charge in [0.2, 0.25) is 0 Å². The van der Waals surface area contributed by atoms with E-state index in [0.717, 1.165) is 5.56 Å². The van der Waals surface area contributed by atoms with Gasteiger partial charge in [0, 0.05) is 23.4 Å². The van der Waals surface area contributed by atoms with Crippen LogP contribution in [0.4, 0.5) is 0 Å². The van der Waals surface area contributed by atoms with Gasteiger partial charge < -0.3 is 4.57 Å². The fourth-order valence-corrected chi connectivity index (χ4v) is 2.78. The highest BCUT2D eigenvalue weighted by atomic mass is 35.7. The second-order valence-electron chi connectivity index (χ2n) is 6.14. The Bertz CT molecular complexity index is 741. The van der Waals surface area contributed by atoms with Crippen molar-refractivity contribution in [1.82, 2.24) is 9.55 Å². The Balaban J connectivity index is 2.25. The van der Waals surface area contributed by atoms with Crippen LogP contribution in [-0.4, -0.2) is 18.0 Å². The average molecular weight is 327 g/mol. The van der Waals surface area contributed by atoms with Crippen molar-refractivity contribution in [1.29, 1.82) is 0 Å². The lowest BCUT2D eigenvalue weighted by Gasteiger charge is -2.19. The molecular formula is C15H19ClN2O2S. The highest BCUT2D eigenvalue weighted by molar-refractivity contribution is 8.13. The lowest BCUT2D eigenvalue weighted by molar-refractivity contribution is 0.589. The van der Waals surface area contributed by atoms with Crippen LogP contribution in [0.2, 0.25) is 0 Å². The standard InChI is InChI=1S/C15H19ClN2O2S/c1-11-17-14(21(16,19)20)10-18(11)9-12-5-7-13(8-6-12)15(2,3)4/h5-8,10H,9H2,1-4H3. The van der Waals surface area contributed by atoms with Gasteiger partial charge in [0.05, 0.1) is 0 Å². The first-order valence-electron chi connectivity index (χ1n) is 6.65. The van der Waals surface area contributed by atoms with Gasteiger partial charge in [-0.15, -0.1) is 0 Å². The summed E-state index contributed by atoms with van der Waals surface area (Å²) in [5.41, 5.74) is 2.46. The van der Waals surface area contributed by atoms with E-state index in [1.54, 1.807) is 11.5 Å². The minimum absolute atomic E-state index is 0.104. The van der Waals surface area contributed by atoms with E-state index >= 15 is 0 Å². The van der Waals surface area contributed by atoms with Gasteiger partial charge in [-0.05, 0) is 23.5 Å². The minimum atomic E-state index is -3.78. The van der Waals surface area contributed by atoms with Crippen LogP contribution < -0.4 is 0 Å². The zero-order valence-corrected chi connectivity index (χ0v) is 14.2. The van der Waals surface area contributed by atoms with E-state index in [2.05, 4.69) is 50.0 Å². The summed E-state index contributed by atoms with van der Waals surface area (Å²) in [5, 5.41) is -0.104. The van der Waals surface area contributed by atoms with Crippen molar-refractivity contribution in [3.8, 4) is 0 Å². The van der Waals surface area contributed by atoms with E-state index in [-0.39, 0.29) is 10.4 Å². The third kappa shape index (κ3) is 3.86. The lowest BCUT2D eigenvalue weighted by Crippen LogP contribution is -2.11. The summed E-state index contributed by atoms with van der Waals surface area (Å²) in [7, 11) is 1.53. The molecule has 2 aromatic rings. The summed E-state index contributed by atoms with van der Waals surface area (Å²) >= 11 is 0. The zero-order valence-electron chi connectivity index (χ0n) is 12.6. The summed E-state index contributed by atoms with van der Waals surface area (Å²) in [6.45, 7) is 8.82. The maximum atomic E-state index is 11.3. The number of imidazole rings is 1. The fraction of sp³-hybridized carbons (Fsp3) is 0.400. The molecule has 1 aromatic heterocycles. The quantitative estimate of drug-likeness (QED) is 0.812. The summed E-state index contributed by atoms with van der Waals surface area (Å²) in [4.78, 5) is 3.98. The molecule has 0 bridgehead atoms. The largest absolute Gasteiger partial charge is 0.329 e. The van der Waals surface area contributed by atoms with Gasteiger partial charge in [-0.2, -0.15) is 0 Å². The normalized spacial score (nSPS) is 12.6. The van der Waals surface area contributed by atoms with Crippen molar-refractivity contribution in [3.63, 3.8) is 0 Å². The SMILES string of the molecule is Cc1nc(S(=O)(=O)Cl)cn1Cc1ccc(C(C)(C)C)cc1. The van der Waals surface area contributed by atoms with Crippen molar-refractivity contribution in [2.24, 2.45) is 0 Å². The molecule has 6 heteroatoms. The smallest absolute Gasteiger partial charge is 0.280 e. The maximum absolute atomic E-state index is 11.3. The molecule has 0 saturated carbocycles. The van der Waals surface area contributed by atoms with Crippen LogP contribution in [0, 0.1) is 6.92 Å². The lowest BCUT2D eigenvalue weighted by atomic mass is 9.87. The minimum Gasteiger partial charge on any atom is -0.329 e. The molecule has 2 rings (SSSR count). The molecule has 0 aliphatic heterocycles. The van der Waals surface area contributed by atoms with Crippen LogP contribution in [-0.2, 0) is 21.0 Å². The number of aromatic nitrogens is 2. The molecule has 0 saturated heterocycles. The molecule has 0 fully saturated rings. The molecule has 0 aliphatic rings. The molecule has 1 aromatic carbocycles. The third-order valence-corrected chi connectivity index (χ3v) is 4.55. The Morgan fingerprint density at radius 1 is 1.19 bits per heavy atom. The number of rotatable bonds is 3. The van der Waals surface area contributed by atoms with E-state index in [9.17, 15) is 8.42 Å². The summed E-state index contributed by atoms with van der Waals surface area (Å²) < 4.78 is 24.4. The van der Waals surface area contributed by atoms with Gasteiger partial charge >= 0.3 is 0 Å². The summed E-state index contributed by atoms with van der Waals surface area (Å²) in [6, 6.07) is 8.30. The first kappa shape index (κ1) is 16.0. The number of benzene rings is 1. The molecule has 0 aliphatic carbocycles. The Kier molecular flexibility index (Phi) is 4.17. The maximum Gasteiger partial charge on any atom is 0.280 e. The van der Waals surface area contributed by atoms with Gasteiger partial charge in [-0.1, -0.05) is 45.0 Å². The Morgan fingerprint density at radius 2 is 1.76 bits per heavy atom. The van der Waals surface area contributed by atoms with Crippen LogP contribution >= 0.6 is 10.7 Å². The molecule has 114 valence electrons. The van der Waals surface area contributed by atoms with Crippen LogP contribution in [0.3, 0.4) is 0 Å². The van der Waals surface area contributed by atoms with Crippen molar-refractivity contribution < 1.29 is 8.42 Å². The topological polar surface area (TPSA) is 52.0 Å². The molecule has 0 amide bonds. The van der Waals surface area contributed by atoms with E-state index < -0.39 is 9.05 Å². The van der Waals surface area contributed by atoms with Gasteiger partial charge in [0.25, 0.3) is 9.05 Å². The second-order valence-corrected chi connectivity index (χ2v) is 8.65. The predicted octanol–water partition coefficient (Wildman–Crippen LogP) is 3.46. The molecule has 0 radical (unpaired) electrons. The van der Waals surface area contributed by atoms with E-state index in [1.165, 1.54) is 11.8 Å². The van der Waals surface area contributed by atoms with Gasteiger partial charge in [-0.3, -0.25) is 0 Å². The number of halogens is 1. The van der Waals surface area contributed by atoms with Crippen molar-refractivity contribution in [2.75, 3.05) is 0 Å². The van der Waals surface area contributed by atoms with Crippen LogP contribution in [0.5, 0.6) is 0 Å². The zero-order chi connectivity index (χ0) is 15.8. The number of hydrogen-bond donors (Lipinski definition) is 0. The first-order chi connectivity index (χ1) is 9.57. The van der Waals surface area contributed by atoms with E-state index in [0.29, 0.717) is 12.4 Å². The highest BCUT2D eigenvalue weighted by Crippen LogP contribution is 2.23. The van der Waals surface area contributed by atoms with Gasteiger partial charge in [0.1, 0.15) is 5.82 Å². The second kappa shape index (κ2) is 5.46. The Hall–Kier alpha value is -1.33. The van der Waals surface area contributed by atoms with Crippen LogP contribution in [0.1, 0.15) is 37.7 Å². The monoisotopic (exact) mass is 326 g/mol. The third-order valence-electron chi connectivity index (χ3n) is 3.38. The fourth-order valence-electron chi connectivity index (χ4n) is 2.06. The molecule has 0 N–H and O–H groups in total. The van der Waals surface area contributed by atoms with Gasteiger partial charge in [0.15, 0.2) is 5.03 Å². The molecule has 0 unspecified atom stereocenters. The predicted molar refractivity (Wildman–Crippen MR) is 84.2 cm³/mol. The van der Waals surface area contributed by atoms with Crippen molar-refractivity contribution >= 4 is 19.7 Å². The number of aryl methyl sites for hydroxylation is 1. The molecule has 4 nitrogen and oxygen atoms in total. The average Bonchev–Trinajstić information content (AvgIpc) is 2.70. The summed E-state index contributed by atoms with van der Waals surface area (Å²) in [6.07, 6.45) is 1.47. The molecule has 1 heterocycles. The van der Waals surface area contributed by atoms with Gasteiger partial charge in [-0.25, -0.2) is 13.4 Å². The van der Waals surface area contributed by atoms with E-state index in [1.807, 2.05) is 0 Å². The van der Waals surface area contributed by atoms with Crippen LogP contribution in [0.15, 0.2) is 35.5 Å². The Labute approximate surface area is 130 Å². The molecule has 0 atom stereocenters. The van der Waals surface area contributed by atoms with Crippen molar-refractivity contribution in [3.05, 3.63) is 47.4 Å². The summed E-state index contributed by atoms with van der Waals surface area (Å²) in [5.74, 6) is 0.620. The van der Waals surface area contributed by atoms with Crippen LogP contribution in [0.25, 0.3) is 0 Å². The van der Waals surface area contributed by atoms with Crippen molar-refractivity contribution in [2.45, 2.75) is 44.7 Å². The first-order valence-corrected chi connectivity index (χ1v) is 8.96. The molecular weight excluding hydrogens is 308 g/mol. The number of hydrogen-bond acceptors (Lipinski definition) is 3. The Morgan fingerprint density at radius 3 is 2.19 bits per heavy atom. The molecule has 0 spiro atoms. The molecule has 21 heavy (non-hydrogen) atoms. The number of nitrogens with zero attached hydrogens (tertiary/aromatic N) is 2. The highest BCUT2D eigenvalue weighted by Gasteiger charge is 2.16. The van der Waals surface area contributed by atoms with E-state index in [4.69, 9.17) is 10.7 Å².